The molecule has 1 rings (SSSR count). The molecular weight excluding hydrogens is 309 g/mol. The van der Waals surface area contributed by atoms with Gasteiger partial charge in [0.15, 0.2) is 17.5 Å². The number of thioether (sulfide) groups is 1. The minimum absolute atomic E-state index is 0.171. The summed E-state index contributed by atoms with van der Waals surface area (Å²) in [6.07, 6.45) is 1.94. The molecule has 0 aromatic heterocycles. The van der Waals surface area contributed by atoms with Crippen molar-refractivity contribution in [2.24, 2.45) is 0 Å². The molecule has 21 heavy (non-hydrogen) atoms. The summed E-state index contributed by atoms with van der Waals surface area (Å²) in [5.74, 6) is -5.41. The van der Waals surface area contributed by atoms with Gasteiger partial charge in [0.2, 0.25) is 0 Å². The fourth-order valence-corrected chi connectivity index (χ4v) is 1.90. The third-order valence-corrected chi connectivity index (χ3v) is 3.14. The zero-order valence-electron chi connectivity index (χ0n) is 11.0. The molecule has 116 valence electrons. The number of nitrogens with one attached hydrogen (secondary N) is 2. The first-order chi connectivity index (χ1) is 9.86. The molecule has 0 radical (unpaired) electrons. The van der Waals surface area contributed by atoms with Crippen molar-refractivity contribution in [2.45, 2.75) is 12.5 Å². The lowest BCUT2D eigenvalue weighted by Gasteiger charge is -2.15. The van der Waals surface area contributed by atoms with Gasteiger partial charge in [0.05, 0.1) is 5.69 Å². The van der Waals surface area contributed by atoms with Gasteiger partial charge in [0, 0.05) is 0 Å². The van der Waals surface area contributed by atoms with Crippen LogP contribution in [0.4, 0.5) is 23.7 Å². The molecule has 9 heteroatoms. The number of hydrogen-bond donors (Lipinski definition) is 3. The number of rotatable bonds is 6. The van der Waals surface area contributed by atoms with Gasteiger partial charge in [-0.2, -0.15) is 11.8 Å². The number of carbonyl (C=O) groups excluding carboxylic acids is 1. The molecule has 0 fully saturated rings. The van der Waals surface area contributed by atoms with Crippen LogP contribution in [0.1, 0.15) is 6.42 Å². The van der Waals surface area contributed by atoms with E-state index in [0.717, 1.165) is 6.07 Å². The SMILES string of the molecule is CSCC[C@H](NC(=O)Nc1ccc(F)c(F)c1F)C(=O)O. The van der Waals surface area contributed by atoms with E-state index in [1.54, 1.807) is 6.26 Å². The Hall–Kier alpha value is -1.90. The Labute approximate surface area is 122 Å². The van der Waals surface area contributed by atoms with Crippen LogP contribution in [0, 0.1) is 17.5 Å². The second-order valence-corrected chi connectivity index (χ2v) is 4.98. The highest BCUT2D eigenvalue weighted by Crippen LogP contribution is 2.19. The van der Waals surface area contributed by atoms with E-state index in [2.05, 4.69) is 5.32 Å². The number of anilines is 1. The van der Waals surface area contributed by atoms with E-state index < -0.39 is 41.2 Å². The monoisotopic (exact) mass is 322 g/mol. The fourth-order valence-electron chi connectivity index (χ4n) is 1.43. The lowest BCUT2D eigenvalue weighted by molar-refractivity contribution is -0.139. The van der Waals surface area contributed by atoms with Crippen molar-refractivity contribution in [3.63, 3.8) is 0 Å². The average Bonchev–Trinajstić information content (AvgIpc) is 2.43. The van der Waals surface area contributed by atoms with E-state index in [9.17, 15) is 22.8 Å². The number of halogens is 3. The molecule has 0 spiro atoms. The predicted octanol–water partition coefficient (Wildman–Crippen LogP) is 2.43. The Bertz CT molecular complexity index is 543. The molecule has 0 aliphatic rings. The molecule has 1 aromatic rings. The van der Waals surface area contributed by atoms with Crippen molar-refractivity contribution in [2.75, 3.05) is 17.3 Å². The summed E-state index contributed by atoms with van der Waals surface area (Å²) >= 11 is 1.40. The Morgan fingerprint density at radius 2 is 1.95 bits per heavy atom. The second-order valence-electron chi connectivity index (χ2n) is 3.99. The van der Waals surface area contributed by atoms with E-state index in [0.29, 0.717) is 11.8 Å². The van der Waals surface area contributed by atoms with Crippen LogP contribution < -0.4 is 10.6 Å². The van der Waals surface area contributed by atoms with Crippen molar-refractivity contribution in [3.8, 4) is 0 Å². The molecule has 2 amide bonds. The molecule has 0 aliphatic heterocycles. The van der Waals surface area contributed by atoms with Crippen molar-refractivity contribution < 1.29 is 27.9 Å². The zero-order chi connectivity index (χ0) is 16.0. The Morgan fingerprint density at radius 1 is 1.29 bits per heavy atom. The van der Waals surface area contributed by atoms with Crippen LogP contribution >= 0.6 is 11.8 Å². The molecule has 0 saturated carbocycles. The minimum Gasteiger partial charge on any atom is -0.480 e. The maximum atomic E-state index is 13.3. The molecule has 0 unspecified atom stereocenters. The Kier molecular flexibility index (Phi) is 6.35. The van der Waals surface area contributed by atoms with E-state index >= 15 is 0 Å². The van der Waals surface area contributed by atoms with Crippen molar-refractivity contribution >= 4 is 29.4 Å². The zero-order valence-corrected chi connectivity index (χ0v) is 11.8. The first-order valence-electron chi connectivity index (χ1n) is 5.79. The molecule has 3 N–H and O–H groups in total. The lowest BCUT2D eigenvalue weighted by Crippen LogP contribution is -2.43. The fraction of sp³-hybridized carbons (Fsp3) is 0.333. The number of carboxylic acid groups (broad SMARTS) is 1. The first-order valence-corrected chi connectivity index (χ1v) is 7.19. The third-order valence-electron chi connectivity index (χ3n) is 2.50. The molecule has 0 heterocycles. The minimum atomic E-state index is -1.72. The normalized spacial score (nSPS) is 11.8. The van der Waals surface area contributed by atoms with E-state index in [4.69, 9.17) is 5.11 Å². The van der Waals surface area contributed by atoms with Crippen LogP contribution in [-0.2, 0) is 4.79 Å². The van der Waals surface area contributed by atoms with Crippen LogP contribution in [0.3, 0.4) is 0 Å². The Balaban J connectivity index is 2.72. The lowest BCUT2D eigenvalue weighted by atomic mass is 10.2. The van der Waals surface area contributed by atoms with E-state index in [1.165, 1.54) is 11.8 Å². The van der Waals surface area contributed by atoms with Gasteiger partial charge in [0.1, 0.15) is 6.04 Å². The molecule has 1 aromatic carbocycles. The number of hydrogen-bond acceptors (Lipinski definition) is 3. The number of urea groups is 1. The standard InChI is InChI=1S/C12H13F3N2O3S/c1-21-5-4-8(11(18)19)17-12(20)16-7-3-2-6(13)9(14)10(7)15/h2-3,8H,4-5H2,1H3,(H,18,19)(H2,16,17,20)/t8-/m0/s1. The third kappa shape index (κ3) is 4.85. The van der Waals surface area contributed by atoms with Crippen LogP contribution in [0.5, 0.6) is 0 Å². The van der Waals surface area contributed by atoms with Gasteiger partial charge in [-0.15, -0.1) is 0 Å². The van der Waals surface area contributed by atoms with Crippen LogP contribution in [0.2, 0.25) is 0 Å². The van der Waals surface area contributed by atoms with E-state index in [1.807, 2.05) is 5.32 Å². The largest absolute Gasteiger partial charge is 0.480 e. The first kappa shape index (κ1) is 17.2. The van der Waals surface area contributed by atoms with Gasteiger partial charge >= 0.3 is 12.0 Å². The highest BCUT2D eigenvalue weighted by Gasteiger charge is 2.21. The summed E-state index contributed by atoms with van der Waals surface area (Å²) < 4.78 is 39.1. The summed E-state index contributed by atoms with van der Waals surface area (Å²) in [6.45, 7) is 0. The number of carbonyl (C=O) groups is 2. The maximum Gasteiger partial charge on any atom is 0.326 e. The summed E-state index contributed by atoms with van der Waals surface area (Å²) in [6, 6.07) is -0.694. The molecule has 5 nitrogen and oxygen atoms in total. The molecule has 0 saturated heterocycles. The van der Waals surface area contributed by atoms with Crippen LogP contribution in [0.15, 0.2) is 12.1 Å². The molecule has 0 aliphatic carbocycles. The number of carboxylic acids is 1. The van der Waals surface area contributed by atoms with Gasteiger partial charge in [-0.05, 0) is 30.6 Å². The quantitative estimate of drug-likeness (QED) is 0.703. The van der Waals surface area contributed by atoms with Gasteiger partial charge in [-0.1, -0.05) is 0 Å². The van der Waals surface area contributed by atoms with Crippen molar-refractivity contribution in [1.82, 2.24) is 5.32 Å². The summed E-state index contributed by atoms with van der Waals surface area (Å²) in [4.78, 5) is 22.5. The van der Waals surface area contributed by atoms with Crippen molar-refractivity contribution in [3.05, 3.63) is 29.6 Å². The highest BCUT2D eigenvalue weighted by atomic mass is 32.2. The summed E-state index contributed by atoms with van der Waals surface area (Å²) in [5, 5.41) is 13.0. The second kappa shape index (κ2) is 7.77. The highest BCUT2D eigenvalue weighted by molar-refractivity contribution is 7.98. The van der Waals surface area contributed by atoms with Crippen LogP contribution in [0.25, 0.3) is 0 Å². The van der Waals surface area contributed by atoms with Crippen molar-refractivity contribution in [1.29, 1.82) is 0 Å². The van der Waals surface area contributed by atoms with Crippen LogP contribution in [-0.4, -0.2) is 35.2 Å². The topological polar surface area (TPSA) is 78.4 Å². The van der Waals surface area contributed by atoms with E-state index in [-0.39, 0.29) is 6.42 Å². The molecule has 0 bridgehead atoms. The molecule has 1 atom stereocenters. The maximum absolute atomic E-state index is 13.3. The van der Waals surface area contributed by atoms with Gasteiger partial charge < -0.3 is 15.7 Å². The number of amides is 2. The van der Waals surface area contributed by atoms with Gasteiger partial charge in [-0.25, -0.2) is 22.8 Å². The summed E-state index contributed by atoms with van der Waals surface area (Å²) in [7, 11) is 0. The predicted molar refractivity (Wildman–Crippen MR) is 72.9 cm³/mol. The number of aliphatic carboxylic acids is 1. The number of benzene rings is 1. The van der Waals surface area contributed by atoms with Gasteiger partial charge in [0.25, 0.3) is 0 Å². The average molecular weight is 322 g/mol. The Morgan fingerprint density at radius 3 is 2.52 bits per heavy atom. The van der Waals surface area contributed by atoms with Gasteiger partial charge in [-0.3, -0.25) is 0 Å². The molecular formula is C12H13F3N2O3S. The summed E-state index contributed by atoms with van der Waals surface area (Å²) in [5.41, 5.74) is -0.583. The smallest absolute Gasteiger partial charge is 0.326 e.